The van der Waals surface area contributed by atoms with Crippen LogP contribution in [-0.2, 0) is 11.8 Å². The van der Waals surface area contributed by atoms with E-state index in [1.54, 1.807) is 36.3 Å². The van der Waals surface area contributed by atoms with Gasteiger partial charge in [0.15, 0.2) is 0 Å². The number of nitrogens with zero attached hydrogens (tertiary/aromatic N) is 4. The number of aromatic nitrogens is 4. The van der Waals surface area contributed by atoms with Crippen LogP contribution in [0.1, 0.15) is 6.92 Å². The Labute approximate surface area is 127 Å². The van der Waals surface area contributed by atoms with E-state index in [9.17, 15) is 4.79 Å². The van der Waals surface area contributed by atoms with Gasteiger partial charge in [-0.05, 0) is 25.0 Å². The third-order valence-corrected chi connectivity index (χ3v) is 3.09. The van der Waals surface area contributed by atoms with Crippen LogP contribution in [-0.4, -0.2) is 25.7 Å². The molecule has 0 aliphatic rings. The predicted octanol–water partition coefficient (Wildman–Crippen LogP) is 1.99. The fourth-order valence-electron chi connectivity index (χ4n) is 2.09. The highest BCUT2D eigenvalue weighted by Gasteiger charge is 2.06. The topological polar surface area (TPSA) is 72.7 Å². The van der Waals surface area contributed by atoms with Gasteiger partial charge in [-0.1, -0.05) is 5.92 Å². The first-order valence-corrected chi connectivity index (χ1v) is 6.64. The summed E-state index contributed by atoms with van der Waals surface area (Å²) in [5, 5.41) is 7.67. The quantitative estimate of drug-likeness (QED) is 0.733. The van der Waals surface area contributed by atoms with Crippen LogP contribution in [0.15, 0.2) is 36.9 Å². The summed E-state index contributed by atoms with van der Waals surface area (Å²) in [5.41, 5.74) is 2.70. The highest BCUT2D eigenvalue weighted by atomic mass is 16.1. The summed E-state index contributed by atoms with van der Waals surface area (Å²) < 4.78 is 1.74. The Kier molecular flexibility index (Phi) is 3.54. The number of carbonyl (C=O) groups excluding carboxylic acids is 1. The largest absolute Gasteiger partial charge is 0.301 e. The van der Waals surface area contributed by atoms with E-state index >= 15 is 0 Å². The lowest BCUT2D eigenvalue weighted by atomic mass is 10.1. The Balaban J connectivity index is 1.98. The predicted molar refractivity (Wildman–Crippen MR) is 83.8 cm³/mol. The average Bonchev–Trinajstić information content (AvgIpc) is 2.93. The zero-order chi connectivity index (χ0) is 15.5. The second kappa shape index (κ2) is 5.66. The molecule has 3 aromatic heterocycles. The molecule has 6 heteroatoms. The fraction of sp³-hybridized carbons (Fsp3) is 0.125. The lowest BCUT2D eigenvalue weighted by Gasteiger charge is -2.04. The van der Waals surface area contributed by atoms with Crippen molar-refractivity contribution in [2.24, 2.45) is 7.05 Å². The van der Waals surface area contributed by atoms with Crippen molar-refractivity contribution in [3.63, 3.8) is 0 Å². The molecule has 0 bridgehead atoms. The molecule has 0 fully saturated rings. The number of fused-ring (bicyclic) bond motifs is 1. The number of carbonyl (C=O) groups is 1. The van der Waals surface area contributed by atoms with Gasteiger partial charge in [-0.2, -0.15) is 5.10 Å². The first kappa shape index (κ1) is 13.8. The zero-order valence-corrected chi connectivity index (χ0v) is 12.2. The van der Waals surface area contributed by atoms with Gasteiger partial charge in [0.25, 0.3) is 0 Å². The second-order valence-electron chi connectivity index (χ2n) is 4.72. The van der Waals surface area contributed by atoms with E-state index in [0.717, 1.165) is 22.0 Å². The van der Waals surface area contributed by atoms with Crippen LogP contribution in [0.4, 0.5) is 5.82 Å². The molecule has 1 N–H and O–H groups in total. The van der Waals surface area contributed by atoms with E-state index in [4.69, 9.17) is 0 Å². The van der Waals surface area contributed by atoms with Gasteiger partial charge in [-0.15, -0.1) is 0 Å². The van der Waals surface area contributed by atoms with Gasteiger partial charge >= 0.3 is 5.91 Å². The molecular formula is C16H13N5O. The number of amides is 1. The molecule has 0 saturated heterocycles. The van der Waals surface area contributed by atoms with Crippen LogP contribution in [0.5, 0.6) is 0 Å². The minimum absolute atomic E-state index is 0.384. The molecule has 0 aliphatic heterocycles. The van der Waals surface area contributed by atoms with Gasteiger partial charge in [0, 0.05) is 36.0 Å². The van der Waals surface area contributed by atoms with Gasteiger partial charge in [-0.3, -0.25) is 19.8 Å². The van der Waals surface area contributed by atoms with Crippen molar-refractivity contribution in [3.05, 3.63) is 36.9 Å². The summed E-state index contributed by atoms with van der Waals surface area (Å²) in [6, 6.07) is 3.76. The molecule has 0 atom stereocenters. The number of nitrogens with one attached hydrogen (secondary N) is 1. The lowest BCUT2D eigenvalue weighted by molar-refractivity contribution is -0.111. The van der Waals surface area contributed by atoms with Gasteiger partial charge in [0.05, 0.1) is 17.9 Å². The number of rotatable bonds is 2. The molecule has 6 nitrogen and oxygen atoms in total. The van der Waals surface area contributed by atoms with Crippen LogP contribution >= 0.6 is 0 Å². The summed E-state index contributed by atoms with van der Waals surface area (Å²) in [6.07, 6.45) is 7.10. The molecule has 3 rings (SSSR count). The molecule has 108 valence electrons. The Morgan fingerprint density at radius 2 is 2.05 bits per heavy atom. The Bertz CT molecular complexity index is 917. The normalized spacial score (nSPS) is 10.1. The van der Waals surface area contributed by atoms with Crippen LogP contribution < -0.4 is 5.32 Å². The number of hydrogen-bond acceptors (Lipinski definition) is 4. The molecule has 1 amide bonds. The number of aryl methyl sites for hydroxylation is 1. The van der Waals surface area contributed by atoms with Crippen molar-refractivity contribution in [2.75, 3.05) is 5.32 Å². The molecule has 0 aliphatic carbocycles. The van der Waals surface area contributed by atoms with E-state index in [1.165, 1.54) is 0 Å². The maximum Gasteiger partial charge on any atom is 0.301 e. The Morgan fingerprint density at radius 3 is 2.77 bits per heavy atom. The SMILES string of the molecule is CC#CC(=O)Nc1cc2cc(-c3cnn(C)c3)cnc2cn1. The van der Waals surface area contributed by atoms with E-state index in [0.29, 0.717) is 5.82 Å². The number of hydrogen-bond donors (Lipinski definition) is 1. The molecule has 0 aromatic carbocycles. The first-order chi connectivity index (χ1) is 10.7. The smallest absolute Gasteiger partial charge is 0.300 e. The number of pyridine rings is 2. The standard InChI is InChI=1S/C16H13N5O/c1-3-4-16(22)20-15-6-11-5-12(7-17-14(11)9-18-15)13-8-19-21(2)10-13/h5-10H,1-2H3,(H,18,20,22). The summed E-state index contributed by atoms with van der Waals surface area (Å²) in [5.74, 6) is 5.03. The molecule has 0 unspecified atom stereocenters. The first-order valence-electron chi connectivity index (χ1n) is 6.64. The van der Waals surface area contributed by atoms with Crippen molar-refractivity contribution in [1.82, 2.24) is 19.7 Å². The molecule has 3 aromatic rings. The van der Waals surface area contributed by atoms with Crippen LogP contribution in [0, 0.1) is 11.8 Å². The van der Waals surface area contributed by atoms with Crippen molar-refractivity contribution in [2.45, 2.75) is 6.92 Å². The molecular weight excluding hydrogens is 278 g/mol. The third kappa shape index (κ3) is 2.79. The number of anilines is 1. The highest BCUT2D eigenvalue weighted by molar-refractivity contribution is 6.04. The molecule has 22 heavy (non-hydrogen) atoms. The third-order valence-electron chi connectivity index (χ3n) is 3.09. The maximum atomic E-state index is 11.5. The zero-order valence-electron chi connectivity index (χ0n) is 12.2. The van der Waals surface area contributed by atoms with E-state index < -0.39 is 0 Å². The van der Waals surface area contributed by atoms with Crippen molar-refractivity contribution in [1.29, 1.82) is 0 Å². The Morgan fingerprint density at radius 1 is 1.18 bits per heavy atom. The second-order valence-corrected chi connectivity index (χ2v) is 4.72. The summed E-state index contributed by atoms with van der Waals surface area (Å²) in [7, 11) is 1.87. The van der Waals surface area contributed by atoms with Gasteiger partial charge in [0.2, 0.25) is 0 Å². The summed E-state index contributed by atoms with van der Waals surface area (Å²) in [4.78, 5) is 20.0. The Hall–Kier alpha value is -3.20. The average molecular weight is 291 g/mol. The maximum absolute atomic E-state index is 11.5. The lowest BCUT2D eigenvalue weighted by Crippen LogP contribution is -2.09. The molecule has 0 saturated carbocycles. The van der Waals surface area contributed by atoms with Gasteiger partial charge in [-0.25, -0.2) is 4.98 Å². The van der Waals surface area contributed by atoms with Crippen molar-refractivity contribution in [3.8, 4) is 23.0 Å². The molecule has 0 spiro atoms. The van der Waals surface area contributed by atoms with Crippen molar-refractivity contribution < 1.29 is 4.79 Å². The van der Waals surface area contributed by atoms with E-state index in [-0.39, 0.29) is 5.91 Å². The van der Waals surface area contributed by atoms with E-state index in [2.05, 4.69) is 32.2 Å². The fourth-order valence-corrected chi connectivity index (χ4v) is 2.09. The summed E-state index contributed by atoms with van der Waals surface area (Å²) >= 11 is 0. The van der Waals surface area contributed by atoms with Crippen LogP contribution in [0.3, 0.4) is 0 Å². The highest BCUT2D eigenvalue weighted by Crippen LogP contribution is 2.23. The van der Waals surface area contributed by atoms with E-state index in [1.807, 2.05) is 19.3 Å². The molecule has 3 heterocycles. The minimum Gasteiger partial charge on any atom is -0.300 e. The van der Waals surface area contributed by atoms with Gasteiger partial charge in [0.1, 0.15) is 5.82 Å². The molecule has 0 radical (unpaired) electrons. The van der Waals surface area contributed by atoms with Gasteiger partial charge < -0.3 is 0 Å². The van der Waals surface area contributed by atoms with Crippen LogP contribution in [0.2, 0.25) is 0 Å². The summed E-state index contributed by atoms with van der Waals surface area (Å²) in [6.45, 7) is 1.61. The monoisotopic (exact) mass is 291 g/mol. The van der Waals surface area contributed by atoms with Crippen LogP contribution in [0.25, 0.3) is 22.0 Å². The minimum atomic E-state index is -0.384. The van der Waals surface area contributed by atoms with Crippen molar-refractivity contribution >= 4 is 22.6 Å².